The zero-order valence-electron chi connectivity index (χ0n) is 13.0. The minimum atomic E-state index is -0.637. The van der Waals surface area contributed by atoms with E-state index in [1.807, 2.05) is 0 Å². The molecule has 1 unspecified atom stereocenters. The topological polar surface area (TPSA) is 73.8 Å². The Morgan fingerprint density at radius 3 is 2.55 bits per heavy atom. The van der Waals surface area contributed by atoms with Crippen LogP contribution in [0.4, 0.5) is 0 Å². The van der Waals surface area contributed by atoms with Crippen molar-refractivity contribution in [3.8, 4) is 0 Å². The number of likely N-dealkylation sites (N-methyl/N-ethyl adjacent to an activating group) is 1. The van der Waals surface area contributed by atoms with E-state index in [1.54, 1.807) is 37.3 Å². The van der Waals surface area contributed by atoms with E-state index in [9.17, 15) is 14.4 Å². The summed E-state index contributed by atoms with van der Waals surface area (Å²) in [5.74, 6) is -0.513. The Balaban J connectivity index is 2.19. The van der Waals surface area contributed by atoms with Gasteiger partial charge >= 0.3 is 0 Å². The lowest BCUT2D eigenvalue weighted by atomic mass is 10.1. The van der Waals surface area contributed by atoms with Gasteiger partial charge in [0.2, 0.25) is 11.8 Å². The Morgan fingerprint density at radius 1 is 1.27 bits per heavy atom. The molecule has 1 fully saturated rings. The summed E-state index contributed by atoms with van der Waals surface area (Å²) in [5, 5.41) is 0. The highest BCUT2D eigenvalue weighted by atomic mass is 16.2. The van der Waals surface area contributed by atoms with Gasteiger partial charge in [-0.25, -0.2) is 0 Å². The number of carbonyl (C=O) groups excluding carboxylic acids is 3. The Bertz CT molecular complexity index is 573. The molecule has 2 heterocycles. The molecule has 1 aromatic rings. The van der Waals surface area contributed by atoms with Crippen molar-refractivity contribution in [1.82, 2.24) is 19.7 Å². The van der Waals surface area contributed by atoms with Crippen LogP contribution < -0.4 is 0 Å². The fraction of sp³-hybridized carbons (Fsp3) is 0.467. The molecule has 1 aliphatic rings. The summed E-state index contributed by atoms with van der Waals surface area (Å²) in [6, 6.07) is 2.75. The van der Waals surface area contributed by atoms with Gasteiger partial charge in [0.1, 0.15) is 6.04 Å². The van der Waals surface area contributed by atoms with Gasteiger partial charge in [-0.1, -0.05) is 0 Å². The molecular formula is C15H20N4O3. The lowest BCUT2D eigenvalue weighted by molar-refractivity contribution is -0.146. The van der Waals surface area contributed by atoms with Crippen LogP contribution in [0, 0.1) is 0 Å². The molecule has 0 spiro atoms. The number of rotatable bonds is 2. The van der Waals surface area contributed by atoms with Crippen LogP contribution >= 0.6 is 0 Å². The van der Waals surface area contributed by atoms with E-state index in [2.05, 4.69) is 4.98 Å². The Labute approximate surface area is 129 Å². The highest BCUT2D eigenvalue weighted by Crippen LogP contribution is 2.15. The molecule has 3 amide bonds. The molecule has 1 aromatic heterocycles. The summed E-state index contributed by atoms with van der Waals surface area (Å²) in [4.78, 5) is 45.0. The smallest absolute Gasteiger partial charge is 0.255 e. The van der Waals surface area contributed by atoms with Crippen molar-refractivity contribution in [2.24, 2.45) is 0 Å². The molecule has 0 saturated carbocycles. The fourth-order valence-corrected chi connectivity index (χ4v) is 2.53. The second-order valence-electron chi connectivity index (χ2n) is 5.45. The summed E-state index contributed by atoms with van der Waals surface area (Å²) in [6.45, 7) is 2.40. The monoisotopic (exact) mass is 304 g/mol. The van der Waals surface area contributed by atoms with Crippen LogP contribution in [-0.2, 0) is 9.59 Å². The summed E-state index contributed by atoms with van der Waals surface area (Å²) in [5.41, 5.74) is 0.481. The molecule has 22 heavy (non-hydrogen) atoms. The molecule has 0 bridgehead atoms. The average molecular weight is 304 g/mol. The van der Waals surface area contributed by atoms with Crippen molar-refractivity contribution in [1.29, 1.82) is 0 Å². The maximum absolute atomic E-state index is 12.5. The Hall–Kier alpha value is -2.44. The van der Waals surface area contributed by atoms with E-state index >= 15 is 0 Å². The molecule has 0 radical (unpaired) electrons. The number of nitrogens with zero attached hydrogens (tertiary/aromatic N) is 4. The maximum atomic E-state index is 12.5. The number of pyridine rings is 1. The molecule has 7 heteroatoms. The third kappa shape index (κ3) is 3.24. The van der Waals surface area contributed by atoms with Gasteiger partial charge in [-0.05, 0) is 12.1 Å². The zero-order chi connectivity index (χ0) is 16.3. The molecule has 2 rings (SSSR count). The summed E-state index contributed by atoms with van der Waals surface area (Å²) in [6.07, 6.45) is 3.10. The van der Waals surface area contributed by atoms with E-state index in [4.69, 9.17) is 0 Å². The Morgan fingerprint density at radius 2 is 2.00 bits per heavy atom. The van der Waals surface area contributed by atoms with E-state index < -0.39 is 6.04 Å². The van der Waals surface area contributed by atoms with Gasteiger partial charge in [-0.15, -0.1) is 0 Å². The number of hydrogen-bond donors (Lipinski definition) is 0. The highest BCUT2D eigenvalue weighted by molar-refractivity contribution is 5.95. The standard InChI is InChI=1S/C15H20N4O3/c1-11(20)19-8-7-18(10-13(19)15(22)17(2)3)14(21)12-5-4-6-16-9-12/h4-6,9,13H,7-8,10H2,1-3H3. The third-order valence-electron chi connectivity index (χ3n) is 3.71. The van der Waals surface area contributed by atoms with Crippen molar-refractivity contribution in [3.63, 3.8) is 0 Å². The van der Waals surface area contributed by atoms with Crippen LogP contribution in [0.25, 0.3) is 0 Å². The van der Waals surface area contributed by atoms with Crippen LogP contribution in [0.1, 0.15) is 17.3 Å². The van der Waals surface area contributed by atoms with Gasteiger partial charge in [0.25, 0.3) is 5.91 Å². The van der Waals surface area contributed by atoms with E-state index in [0.717, 1.165) is 0 Å². The van der Waals surface area contributed by atoms with Gasteiger partial charge in [0.15, 0.2) is 0 Å². The summed E-state index contributed by atoms with van der Waals surface area (Å²) in [7, 11) is 3.28. The minimum absolute atomic E-state index is 0.159. The van der Waals surface area contributed by atoms with E-state index in [0.29, 0.717) is 18.7 Å². The lowest BCUT2D eigenvalue weighted by Crippen LogP contribution is -2.61. The second kappa shape index (κ2) is 6.55. The fourth-order valence-electron chi connectivity index (χ4n) is 2.53. The zero-order valence-corrected chi connectivity index (χ0v) is 13.0. The molecule has 118 valence electrons. The van der Waals surface area contributed by atoms with Crippen LogP contribution in [0.2, 0.25) is 0 Å². The van der Waals surface area contributed by atoms with Crippen molar-refractivity contribution >= 4 is 17.7 Å². The predicted molar refractivity (Wildman–Crippen MR) is 80.0 cm³/mol. The maximum Gasteiger partial charge on any atom is 0.255 e. The minimum Gasteiger partial charge on any atom is -0.347 e. The number of hydrogen-bond acceptors (Lipinski definition) is 4. The highest BCUT2D eigenvalue weighted by Gasteiger charge is 2.36. The largest absolute Gasteiger partial charge is 0.347 e. The lowest BCUT2D eigenvalue weighted by Gasteiger charge is -2.41. The molecule has 7 nitrogen and oxygen atoms in total. The van der Waals surface area contributed by atoms with Crippen molar-refractivity contribution in [2.45, 2.75) is 13.0 Å². The first-order valence-corrected chi connectivity index (χ1v) is 7.09. The first-order valence-electron chi connectivity index (χ1n) is 7.09. The van der Waals surface area contributed by atoms with E-state index in [1.165, 1.54) is 22.9 Å². The van der Waals surface area contributed by atoms with Crippen molar-refractivity contribution in [3.05, 3.63) is 30.1 Å². The molecule has 0 N–H and O–H groups in total. The van der Waals surface area contributed by atoms with Gasteiger partial charge in [0, 0.05) is 46.5 Å². The molecule has 1 saturated heterocycles. The quantitative estimate of drug-likeness (QED) is 0.761. The number of carbonyl (C=O) groups is 3. The van der Waals surface area contributed by atoms with Crippen molar-refractivity contribution in [2.75, 3.05) is 33.7 Å². The average Bonchev–Trinajstić information content (AvgIpc) is 2.53. The van der Waals surface area contributed by atoms with Gasteiger partial charge in [0.05, 0.1) is 12.1 Å². The first-order chi connectivity index (χ1) is 10.4. The molecule has 0 aromatic carbocycles. The van der Waals surface area contributed by atoms with Gasteiger partial charge in [-0.3, -0.25) is 19.4 Å². The molecule has 1 aliphatic heterocycles. The van der Waals surface area contributed by atoms with Crippen LogP contribution in [0.5, 0.6) is 0 Å². The summed E-state index contributed by atoms with van der Waals surface area (Å²) < 4.78 is 0. The SMILES string of the molecule is CC(=O)N1CCN(C(=O)c2cccnc2)CC1C(=O)N(C)C. The van der Waals surface area contributed by atoms with E-state index in [-0.39, 0.29) is 24.3 Å². The molecule has 1 atom stereocenters. The Kier molecular flexibility index (Phi) is 4.75. The number of piperazine rings is 1. The number of aromatic nitrogens is 1. The van der Waals surface area contributed by atoms with Crippen molar-refractivity contribution < 1.29 is 14.4 Å². The van der Waals surface area contributed by atoms with Gasteiger partial charge < -0.3 is 14.7 Å². The van der Waals surface area contributed by atoms with Crippen LogP contribution in [0.3, 0.4) is 0 Å². The summed E-state index contributed by atoms with van der Waals surface area (Å²) >= 11 is 0. The first kappa shape index (κ1) is 15.9. The normalized spacial score (nSPS) is 18.0. The molecular weight excluding hydrogens is 284 g/mol. The predicted octanol–water partition coefficient (Wildman–Crippen LogP) is -0.157. The van der Waals surface area contributed by atoms with Crippen LogP contribution in [0.15, 0.2) is 24.5 Å². The second-order valence-corrected chi connectivity index (χ2v) is 5.45. The third-order valence-corrected chi connectivity index (χ3v) is 3.71. The van der Waals surface area contributed by atoms with Crippen LogP contribution in [-0.4, -0.2) is 77.2 Å². The van der Waals surface area contributed by atoms with Gasteiger partial charge in [-0.2, -0.15) is 0 Å². The number of amides is 3. The molecule has 0 aliphatic carbocycles.